The summed E-state index contributed by atoms with van der Waals surface area (Å²) in [7, 11) is 1.82. The van der Waals surface area contributed by atoms with Gasteiger partial charge in [0.25, 0.3) is 5.91 Å². The van der Waals surface area contributed by atoms with E-state index in [1.54, 1.807) is 29.9 Å². The molecule has 0 spiro atoms. The second kappa shape index (κ2) is 6.62. The number of carbonyl (C=O) groups excluding carboxylic acids is 1. The van der Waals surface area contributed by atoms with Crippen molar-refractivity contribution in [2.45, 2.75) is 19.4 Å². The molecule has 8 heteroatoms. The first-order valence-corrected chi connectivity index (χ1v) is 9.35. The van der Waals surface area contributed by atoms with Gasteiger partial charge in [0.1, 0.15) is 9.88 Å². The predicted molar refractivity (Wildman–Crippen MR) is 101 cm³/mol. The van der Waals surface area contributed by atoms with Crippen LogP contribution in [0.15, 0.2) is 36.7 Å². The van der Waals surface area contributed by atoms with E-state index in [2.05, 4.69) is 10.1 Å². The molecule has 2 aromatic heterocycles. The normalized spacial score (nSPS) is 16.2. The fraction of sp³-hybridized carbons (Fsp3) is 0.263. The van der Waals surface area contributed by atoms with Gasteiger partial charge in [-0.3, -0.25) is 9.48 Å². The van der Waals surface area contributed by atoms with Gasteiger partial charge in [-0.25, -0.2) is 9.78 Å². The molecule has 3 aromatic rings. The van der Waals surface area contributed by atoms with Crippen molar-refractivity contribution in [1.82, 2.24) is 19.7 Å². The van der Waals surface area contributed by atoms with Gasteiger partial charge in [-0.1, -0.05) is 24.3 Å². The maximum Gasteiger partial charge on any atom is 0.331 e. The molecule has 1 aromatic carbocycles. The van der Waals surface area contributed by atoms with Crippen molar-refractivity contribution in [3.63, 3.8) is 0 Å². The third kappa shape index (κ3) is 3.02. The number of aliphatic carboxylic acids is 1. The summed E-state index contributed by atoms with van der Waals surface area (Å²) in [5, 5.41) is 14.6. The van der Waals surface area contributed by atoms with E-state index >= 15 is 0 Å². The predicted octanol–water partition coefficient (Wildman–Crippen LogP) is 2.68. The van der Waals surface area contributed by atoms with Crippen LogP contribution in [0.1, 0.15) is 32.5 Å². The first-order chi connectivity index (χ1) is 13.0. The summed E-state index contributed by atoms with van der Waals surface area (Å²) >= 11 is 1.27. The highest BCUT2D eigenvalue weighted by Crippen LogP contribution is 2.34. The Morgan fingerprint density at radius 2 is 2.07 bits per heavy atom. The van der Waals surface area contributed by atoms with E-state index in [1.807, 2.05) is 25.4 Å². The zero-order valence-corrected chi connectivity index (χ0v) is 15.7. The van der Waals surface area contributed by atoms with E-state index < -0.39 is 12.0 Å². The second-order valence-electron chi connectivity index (χ2n) is 6.52. The van der Waals surface area contributed by atoms with Crippen LogP contribution in [0.5, 0.6) is 0 Å². The van der Waals surface area contributed by atoms with Crippen LogP contribution in [-0.4, -0.2) is 43.2 Å². The summed E-state index contributed by atoms with van der Waals surface area (Å²) in [6, 6.07) is 6.43. The summed E-state index contributed by atoms with van der Waals surface area (Å²) in [6.07, 6.45) is 4.17. The lowest BCUT2D eigenvalue weighted by atomic mass is 9.92. The Kier molecular flexibility index (Phi) is 4.27. The van der Waals surface area contributed by atoms with Crippen molar-refractivity contribution in [2.24, 2.45) is 7.05 Å². The van der Waals surface area contributed by atoms with E-state index in [4.69, 9.17) is 0 Å². The van der Waals surface area contributed by atoms with Gasteiger partial charge in [0, 0.05) is 25.4 Å². The van der Waals surface area contributed by atoms with E-state index in [1.165, 1.54) is 16.2 Å². The summed E-state index contributed by atoms with van der Waals surface area (Å²) in [4.78, 5) is 31.6. The van der Waals surface area contributed by atoms with Crippen LogP contribution in [0.2, 0.25) is 0 Å². The van der Waals surface area contributed by atoms with Crippen molar-refractivity contribution < 1.29 is 14.7 Å². The topological polar surface area (TPSA) is 88.3 Å². The van der Waals surface area contributed by atoms with Gasteiger partial charge >= 0.3 is 5.97 Å². The molecular weight excluding hydrogens is 364 g/mol. The molecule has 1 N–H and O–H groups in total. The highest BCUT2D eigenvalue weighted by Gasteiger charge is 2.37. The molecule has 1 unspecified atom stereocenters. The number of nitrogens with zero attached hydrogens (tertiary/aromatic N) is 4. The van der Waals surface area contributed by atoms with E-state index in [0.29, 0.717) is 34.1 Å². The zero-order chi connectivity index (χ0) is 19.1. The van der Waals surface area contributed by atoms with Gasteiger partial charge in [0.15, 0.2) is 6.04 Å². The number of thiazole rings is 1. The molecule has 1 aliphatic heterocycles. The van der Waals surface area contributed by atoms with Crippen LogP contribution in [0.3, 0.4) is 0 Å². The summed E-state index contributed by atoms with van der Waals surface area (Å²) in [5.74, 6) is -1.31. The lowest BCUT2D eigenvalue weighted by Gasteiger charge is -2.34. The number of aromatic nitrogens is 3. The molecule has 1 atom stereocenters. The van der Waals surface area contributed by atoms with Crippen LogP contribution < -0.4 is 0 Å². The summed E-state index contributed by atoms with van der Waals surface area (Å²) in [6.45, 7) is 2.14. The Morgan fingerprint density at radius 1 is 1.30 bits per heavy atom. The van der Waals surface area contributed by atoms with Gasteiger partial charge in [-0.05, 0) is 24.5 Å². The number of carbonyl (C=O) groups is 2. The number of amides is 1. The third-order valence-electron chi connectivity index (χ3n) is 4.72. The molecule has 0 radical (unpaired) electrons. The smallest absolute Gasteiger partial charge is 0.331 e. The minimum Gasteiger partial charge on any atom is -0.479 e. The second-order valence-corrected chi connectivity index (χ2v) is 7.52. The fourth-order valence-electron chi connectivity index (χ4n) is 3.43. The Bertz CT molecular complexity index is 1040. The fourth-order valence-corrected chi connectivity index (χ4v) is 4.43. The third-order valence-corrected chi connectivity index (χ3v) is 5.92. The average Bonchev–Trinajstić information content (AvgIpc) is 3.25. The Labute approximate surface area is 159 Å². The summed E-state index contributed by atoms with van der Waals surface area (Å²) < 4.78 is 1.68. The maximum absolute atomic E-state index is 13.2. The monoisotopic (exact) mass is 382 g/mol. The first-order valence-electron chi connectivity index (χ1n) is 8.53. The molecule has 0 saturated carbocycles. The number of carboxylic acids is 1. The van der Waals surface area contributed by atoms with Crippen molar-refractivity contribution in [3.05, 3.63) is 58.4 Å². The Morgan fingerprint density at radius 3 is 2.78 bits per heavy atom. The summed E-state index contributed by atoms with van der Waals surface area (Å²) in [5.41, 5.74) is 3.10. The molecule has 1 aliphatic rings. The minimum atomic E-state index is -1.02. The van der Waals surface area contributed by atoms with Crippen LogP contribution >= 0.6 is 11.3 Å². The van der Waals surface area contributed by atoms with Gasteiger partial charge in [-0.15, -0.1) is 11.3 Å². The van der Waals surface area contributed by atoms with Crippen LogP contribution in [0.25, 0.3) is 10.6 Å². The minimum absolute atomic E-state index is 0.290. The number of rotatable bonds is 3. The van der Waals surface area contributed by atoms with Crippen molar-refractivity contribution in [1.29, 1.82) is 0 Å². The standard InChI is InChI=1S/C19H18N4O3S/c1-11-16(27-17(21-11)13-9-20-22(2)10-13)18(24)23-8-7-12-5-3-4-6-14(12)15(23)19(25)26/h3-6,9-10,15H,7-8H2,1-2H3,(H,25,26). The molecule has 3 heterocycles. The molecule has 0 aliphatic carbocycles. The lowest BCUT2D eigenvalue weighted by molar-refractivity contribution is -0.143. The number of fused-ring (bicyclic) bond motifs is 1. The number of carboxylic acid groups (broad SMARTS) is 1. The molecule has 7 nitrogen and oxygen atoms in total. The first kappa shape index (κ1) is 17.4. The zero-order valence-electron chi connectivity index (χ0n) is 14.9. The van der Waals surface area contributed by atoms with Gasteiger partial charge in [0.05, 0.1) is 11.9 Å². The van der Waals surface area contributed by atoms with E-state index in [-0.39, 0.29) is 5.91 Å². The molecule has 4 rings (SSSR count). The molecule has 1 amide bonds. The maximum atomic E-state index is 13.2. The van der Waals surface area contributed by atoms with Crippen LogP contribution in [0.4, 0.5) is 0 Å². The lowest BCUT2D eigenvalue weighted by Crippen LogP contribution is -2.43. The molecule has 0 bridgehead atoms. The Hall–Kier alpha value is -3.00. The highest BCUT2D eigenvalue weighted by atomic mass is 32.1. The Balaban J connectivity index is 1.70. The van der Waals surface area contributed by atoms with Gasteiger partial charge in [-0.2, -0.15) is 5.10 Å². The largest absolute Gasteiger partial charge is 0.479 e. The number of hydrogen-bond donors (Lipinski definition) is 1. The van der Waals surface area contributed by atoms with Gasteiger partial charge < -0.3 is 10.0 Å². The molecule has 0 saturated heterocycles. The van der Waals surface area contributed by atoms with E-state index in [9.17, 15) is 14.7 Å². The van der Waals surface area contributed by atoms with E-state index in [0.717, 1.165) is 11.1 Å². The average molecular weight is 382 g/mol. The molecular formula is C19H18N4O3S. The molecule has 138 valence electrons. The molecule has 0 fully saturated rings. The SMILES string of the molecule is Cc1nc(-c2cnn(C)c2)sc1C(=O)N1CCc2ccccc2C1C(=O)O. The van der Waals surface area contributed by atoms with Crippen molar-refractivity contribution >= 4 is 23.2 Å². The van der Waals surface area contributed by atoms with Crippen molar-refractivity contribution in [2.75, 3.05) is 6.54 Å². The number of aryl methyl sites for hydroxylation is 2. The molecule has 27 heavy (non-hydrogen) atoms. The van der Waals surface area contributed by atoms with Crippen LogP contribution in [0, 0.1) is 6.92 Å². The highest BCUT2D eigenvalue weighted by molar-refractivity contribution is 7.17. The van der Waals surface area contributed by atoms with Crippen LogP contribution in [-0.2, 0) is 18.3 Å². The number of benzene rings is 1. The van der Waals surface area contributed by atoms with Crippen molar-refractivity contribution in [3.8, 4) is 10.6 Å². The van der Waals surface area contributed by atoms with Gasteiger partial charge in [0.2, 0.25) is 0 Å². The number of hydrogen-bond acceptors (Lipinski definition) is 5. The quantitative estimate of drug-likeness (QED) is 0.752.